The zero-order chi connectivity index (χ0) is 27.1. The number of rotatable bonds is 10. The maximum Gasteiger partial charge on any atom is 0.293 e. The predicted molar refractivity (Wildman–Crippen MR) is 156 cm³/mol. The number of halogens is 1. The van der Waals surface area contributed by atoms with E-state index in [4.69, 9.17) is 14.2 Å². The molecule has 1 aliphatic heterocycles. The van der Waals surface area contributed by atoms with E-state index in [1.54, 1.807) is 18.2 Å². The number of ether oxygens (including phenoxy) is 3. The number of carbonyl (C=O) groups excluding carboxylic acids is 3. The lowest BCUT2D eigenvalue weighted by molar-refractivity contribution is -0.123. The first-order valence-corrected chi connectivity index (χ1v) is 13.5. The molecule has 38 heavy (non-hydrogen) atoms. The number of hydrogen-bond donors (Lipinski definition) is 1. The van der Waals surface area contributed by atoms with E-state index < -0.39 is 0 Å². The molecule has 8 nitrogen and oxygen atoms in total. The molecule has 0 bridgehead atoms. The van der Waals surface area contributed by atoms with Gasteiger partial charge in [0.25, 0.3) is 17.1 Å². The number of carbonyl (C=O) groups is 3. The van der Waals surface area contributed by atoms with Crippen molar-refractivity contribution >= 4 is 63.2 Å². The van der Waals surface area contributed by atoms with Crippen LogP contribution >= 0.6 is 34.4 Å². The highest BCUT2D eigenvalue weighted by Crippen LogP contribution is 2.37. The van der Waals surface area contributed by atoms with E-state index >= 15 is 0 Å². The Morgan fingerprint density at radius 1 is 1.05 bits per heavy atom. The van der Waals surface area contributed by atoms with Gasteiger partial charge in [0.2, 0.25) is 0 Å². The SMILES string of the molecule is COc1cc(/C=C2\SC(=O)N(CCOc3ccccc3)C2=O)cc(I)c1OCC(=O)Nc1cccc(C)c1. The van der Waals surface area contributed by atoms with Crippen molar-refractivity contribution in [2.75, 3.05) is 32.2 Å². The third-order valence-electron chi connectivity index (χ3n) is 5.40. The molecule has 0 spiro atoms. The fourth-order valence-electron chi connectivity index (χ4n) is 3.64. The summed E-state index contributed by atoms with van der Waals surface area (Å²) in [4.78, 5) is 39.2. The van der Waals surface area contributed by atoms with Gasteiger partial charge in [0.15, 0.2) is 18.1 Å². The Bertz CT molecular complexity index is 1380. The Morgan fingerprint density at radius 2 is 1.84 bits per heavy atom. The Morgan fingerprint density at radius 3 is 2.58 bits per heavy atom. The molecule has 0 aliphatic carbocycles. The summed E-state index contributed by atoms with van der Waals surface area (Å²) in [5.41, 5.74) is 2.39. The van der Waals surface area contributed by atoms with E-state index in [2.05, 4.69) is 27.9 Å². The van der Waals surface area contributed by atoms with Gasteiger partial charge in [-0.05, 0) is 94.9 Å². The van der Waals surface area contributed by atoms with Crippen LogP contribution in [-0.2, 0) is 9.59 Å². The van der Waals surface area contributed by atoms with Gasteiger partial charge in [-0.2, -0.15) is 0 Å². The summed E-state index contributed by atoms with van der Waals surface area (Å²) in [6, 6.07) is 20.2. The van der Waals surface area contributed by atoms with Crippen molar-refractivity contribution in [1.82, 2.24) is 4.90 Å². The van der Waals surface area contributed by atoms with E-state index in [0.717, 1.165) is 17.3 Å². The van der Waals surface area contributed by atoms with E-state index in [1.165, 1.54) is 12.0 Å². The summed E-state index contributed by atoms with van der Waals surface area (Å²) in [5.74, 6) is 0.811. The van der Waals surface area contributed by atoms with Crippen molar-refractivity contribution < 1.29 is 28.6 Å². The Hall–Kier alpha value is -3.51. The summed E-state index contributed by atoms with van der Waals surface area (Å²) < 4.78 is 17.6. The van der Waals surface area contributed by atoms with Gasteiger partial charge in [-0.15, -0.1) is 0 Å². The van der Waals surface area contributed by atoms with Crippen molar-refractivity contribution in [2.45, 2.75) is 6.92 Å². The molecule has 10 heteroatoms. The molecular formula is C28H25IN2O6S. The molecule has 4 rings (SSSR count). The van der Waals surface area contributed by atoms with Crippen molar-refractivity contribution in [3.8, 4) is 17.2 Å². The monoisotopic (exact) mass is 644 g/mol. The van der Waals surface area contributed by atoms with Gasteiger partial charge in [-0.3, -0.25) is 19.3 Å². The maximum atomic E-state index is 12.9. The van der Waals surface area contributed by atoms with E-state index in [0.29, 0.717) is 37.0 Å². The van der Waals surface area contributed by atoms with E-state index in [9.17, 15) is 14.4 Å². The minimum absolute atomic E-state index is 0.148. The highest BCUT2D eigenvalue weighted by molar-refractivity contribution is 14.1. The second-order valence-electron chi connectivity index (χ2n) is 8.24. The predicted octanol–water partition coefficient (Wildman–Crippen LogP) is 5.74. The molecule has 0 unspecified atom stereocenters. The standard InChI is InChI=1S/C28H25IN2O6S/c1-18-7-6-8-20(13-18)30-25(32)17-37-26-22(29)14-19(15-23(26)35-2)16-24-27(33)31(28(34)38-24)11-12-36-21-9-4-3-5-10-21/h3-10,13-16H,11-12,17H2,1-2H3,(H,30,32)/b24-16-. The average Bonchev–Trinajstić information content (AvgIpc) is 3.15. The number of amides is 3. The van der Waals surface area contributed by atoms with Crippen LogP contribution in [0.15, 0.2) is 71.6 Å². The molecule has 1 heterocycles. The summed E-state index contributed by atoms with van der Waals surface area (Å²) in [7, 11) is 1.50. The Balaban J connectivity index is 1.40. The van der Waals surface area contributed by atoms with Crippen LogP contribution in [0.4, 0.5) is 10.5 Å². The number of nitrogens with zero attached hydrogens (tertiary/aromatic N) is 1. The van der Waals surface area contributed by atoms with Gasteiger partial charge in [0.05, 0.1) is 22.1 Å². The van der Waals surface area contributed by atoms with Crippen molar-refractivity contribution in [2.24, 2.45) is 0 Å². The molecule has 0 radical (unpaired) electrons. The van der Waals surface area contributed by atoms with E-state index in [1.807, 2.05) is 61.5 Å². The molecule has 1 aliphatic rings. The van der Waals surface area contributed by atoms with Crippen LogP contribution in [0.1, 0.15) is 11.1 Å². The Labute approximate surface area is 238 Å². The number of hydrogen-bond acceptors (Lipinski definition) is 7. The lowest BCUT2D eigenvalue weighted by atomic mass is 10.2. The molecule has 3 aromatic carbocycles. The molecule has 3 amide bonds. The van der Waals surface area contributed by atoms with Gasteiger partial charge in [0.1, 0.15) is 12.4 Å². The number of aryl methyl sites for hydroxylation is 1. The summed E-state index contributed by atoms with van der Waals surface area (Å²) in [6.45, 7) is 2.09. The number of thioether (sulfide) groups is 1. The first kappa shape index (κ1) is 27.5. The quantitative estimate of drug-likeness (QED) is 0.222. The van der Waals surface area contributed by atoms with Crippen LogP contribution in [0, 0.1) is 10.5 Å². The zero-order valence-electron chi connectivity index (χ0n) is 20.7. The van der Waals surface area contributed by atoms with Gasteiger partial charge in [0, 0.05) is 5.69 Å². The third kappa shape index (κ3) is 7.07. The molecule has 196 valence electrons. The number of benzene rings is 3. The van der Waals surface area contributed by atoms with Gasteiger partial charge in [-0.1, -0.05) is 30.3 Å². The smallest absolute Gasteiger partial charge is 0.293 e. The molecule has 0 aromatic heterocycles. The third-order valence-corrected chi connectivity index (χ3v) is 7.11. The number of anilines is 1. The summed E-state index contributed by atoms with van der Waals surface area (Å²) in [6.07, 6.45) is 1.64. The van der Waals surface area contributed by atoms with Crippen molar-refractivity contribution in [3.05, 3.63) is 86.3 Å². The summed E-state index contributed by atoms with van der Waals surface area (Å²) >= 11 is 2.96. The van der Waals surface area contributed by atoms with Crippen LogP contribution in [0.2, 0.25) is 0 Å². The second-order valence-corrected chi connectivity index (χ2v) is 10.4. The number of para-hydroxylation sites is 1. The van der Waals surface area contributed by atoms with Crippen molar-refractivity contribution in [1.29, 1.82) is 0 Å². The van der Waals surface area contributed by atoms with Gasteiger partial charge < -0.3 is 19.5 Å². The first-order chi connectivity index (χ1) is 18.3. The van der Waals surface area contributed by atoms with Crippen LogP contribution in [0.25, 0.3) is 6.08 Å². The molecule has 3 aromatic rings. The molecular weight excluding hydrogens is 619 g/mol. The molecule has 0 saturated carbocycles. The molecule has 1 saturated heterocycles. The zero-order valence-corrected chi connectivity index (χ0v) is 23.7. The Kier molecular flexibility index (Phi) is 9.29. The number of nitrogens with one attached hydrogen (secondary N) is 1. The normalized spacial score (nSPS) is 14.1. The second kappa shape index (κ2) is 12.8. The lowest BCUT2D eigenvalue weighted by Crippen LogP contribution is -2.32. The highest BCUT2D eigenvalue weighted by atomic mass is 127. The topological polar surface area (TPSA) is 94.2 Å². The highest BCUT2D eigenvalue weighted by Gasteiger charge is 2.35. The van der Waals surface area contributed by atoms with Crippen molar-refractivity contribution in [3.63, 3.8) is 0 Å². The van der Waals surface area contributed by atoms with E-state index in [-0.39, 0.29) is 36.8 Å². The largest absolute Gasteiger partial charge is 0.493 e. The minimum Gasteiger partial charge on any atom is -0.493 e. The van der Waals surface area contributed by atoms with Gasteiger partial charge in [-0.25, -0.2) is 0 Å². The van der Waals surface area contributed by atoms with Crippen LogP contribution in [0.5, 0.6) is 17.2 Å². The minimum atomic E-state index is -0.376. The molecule has 0 atom stereocenters. The number of methoxy groups -OCH3 is 1. The summed E-state index contributed by atoms with van der Waals surface area (Å²) in [5, 5.41) is 2.46. The average molecular weight is 644 g/mol. The fourth-order valence-corrected chi connectivity index (χ4v) is 5.28. The number of imide groups is 1. The lowest BCUT2D eigenvalue weighted by Gasteiger charge is -2.14. The fraction of sp³-hybridized carbons (Fsp3) is 0.179. The first-order valence-electron chi connectivity index (χ1n) is 11.6. The van der Waals surface area contributed by atoms with Crippen LogP contribution in [0.3, 0.4) is 0 Å². The van der Waals surface area contributed by atoms with Crippen LogP contribution < -0.4 is 19.5 Å². The van der Waals surface area contributed by atoms with Gasteiger partial charge >= 0.3 is 0 Å². The molecule has 1 fully saturated rings. The maximum absolute atomic E-state index is 12.9. The van der Waals surface area contributed by atoms with Crippen LogP contribution in [-0.4, -0.2) is 48.8 Å². The molecule has 1 N–H and O–H groups in total.